The van der Waals surface area contributed by atoms with Crippen LogP contribution in [-0.4, -0.2) is 26.6 Å². The summed E-state index contributed by atoms with van der Waals surface area (Å²) in [7, 11) is 2.89. The van der Waals surface area contributed by atoms with E-state index in [0.717, 1.165) is 0 Å². The Morgan fingerprint density at radius 1 is 1.38 bits per heavy atom. The summed E-state index contributed by atoms with van der Waals surface area (Å²) in [5.41, 5.74) is 0. The summed E-state index contributed by atoms with van der Waals surface area (Å²) >= 11 is 0. The van der Waals surface area contributed by atoms with Gasteiger partial charge >= 0.3 is 0 Å². The summed E-state index contributed by atoms with van der Waals surface area (Å²) in [6, 6.07) is 0. The third kappa shape index (κ3) is 1.78. The summed E-state index contributed by atoms with van der Waals surface area (Å²) in [4.78, 5) is 0. The van der Waals surface area contributed by atoms with Gasteiger partial charge in [-0.05, 0) is 6.92 Å². The van der Waals surface area contributed by atoms with Crippen molar-refractivity contribution in [1.82, 2.24) is 0 Å². The van der Waals surface area contributed by atoms with Crippen LogP contribution in [0.25, 0.3) is 0 Å². The number of hydrogen-bond acceptors (Lipinski definition) is 2. The van der Waals surface area contributed by atoms with Crippen LogP contribution in [0.4, 0.5) is 0 Å². The molecule has 0 aliphatic heterocycles. The molecule has 0 unspecified atom stereocenters. The Bertz CT molecular complexity index is 50.4. The molecule has 0 rings (SSSR count). The van der Waals surface area contributed by atoms with E-state index in [1.165, 1.54) is 14.2 Å². The van der Waals surface area contributed by atoms with Crippen LogP contribution in [0.1, 0.15) is 6.92 Å². The Morgan fingerprint density at radius 3 is 1.75 bits per heavy atom. The van der Waals surface area contributed by atoms with E-state index in [-0.39, 0.29) is 6.61 Å². The average Bonchev–Trinajstić information content (AvgIpc) is 1.87. The van der Waals surface area contributed by atoms with E-state index in [0.29, 0.717) is 0 Å². The third-order valence-electron chi connectivity index (χ3n) is 1.13. The van der Waals surface area contributed by atoms with Crippen molar-refractivity contribution in [2.75, 3.05) is 20.8 Å². The van der Waals surface area contributed by atoms with Gasteiger partial charge in [0.15, 0.2) is 5.79 Å². The van der Waals surface area contributed by atoms with E-state index < -0.39 is 5.79 Å². The highest BCUT2D eigenvalue weighted by Gasteiger charge is 2.21. The van der Waals surface area contributed by atoms with Crippen molar-refractivity contribution in [1.29, 1.82) is 0 Å². The molecule has 0 saturated heterocycles. The standard InChI is InChI=1S/C5H11O3/c1-5(4-6,7-2)8-3/h4H2,1-3H3. The quantitative estimate of drug-likeness (QED) is 0.505. The summed E-state index contributed by atoms with van der Waals surface area (Å²) in [6.07, 6.45) is 0. The second-order valence-electron chi connectivity index (χ2n) is 1.69. The van der Waals surface area contributed by atoms with Crippen molar-refractivity contribution in [3.8, 4) is 0 Å². The van der Waals surface area contributed by atoms with Crippen LogP contribution >= 0.6 is 0 Å². The van der Waals surface area contributed by atoms with Gasteiger partial charge in [-0.15, -0.1) is 0 Å². The first-order chi connectivity index (χ1) is 3.68. The maximum absolute atomic E-state index is 10.2. The van der Waals surface area contributed by atoms with Crippen LogP contribution in [0.5, 0.6) is 0 Å². The van der Waals surface area contributed by atoms with E-state index in [1.807, 2.05) is 0 Å². The molecule has 0 spiro atoms. The molecule has 8 heavy (non-hydrogen) atoms. The van der Waals surface area contributed by atoms with Crippen molar-refractivity contribution in [3.05, 3.63) is 0 Å². The molecule has 3 heteroatoms. The lowest BCUT2D eigenvalue weighted by atomic mass is 10.3. The molecule has 0 aliphatic rings. The highest BCUT2D eigenvalue weighted by Crippen LogP contribution is 2.06. The molecular weight excluding hydrogens is 108 g/mol. The van der Waals surface area contributed by atoms with Crippen LogP contribution in [0.2, 0.25) is 0 Å². The molecule has 0 aromatic carbocycles. The molecule has 0 fully saturated rings. The van der Waals surface area contributed by atoms with Gasteiger partial charge in [-0.3, -0.25) is 0 Å². The van der Waals surface area contributed by atoms with Crippen molar-refractivity contribution >= 4 is 0 Å². The van der Waals surface area contributed by atoms with Crippen molar-refractivity contribution in [2.45, 2.75) is 12.7 Å². The fourth-order valence-corrected chi connectivity index (χ4v) is 0.201. The second kappa shape index (κ2) is 3.02. The van der Waals surface area contributed by atoms with E-state index in [4.69, 9.17) is 9.47 Å². The molecule has 0 N–H and O–H groups in total. The maximum Gasteiger partial charge on any atom is 0.191 e. The van der Waals surface area contributed by atoms with Crippen LogP contribution in [0, 0.1) is 0 Å². The zero-order chi connectivity index (χ0) is 6.62. The predicted molar refractivity (Wildman–Crippen MR) is 28.0 cm³/mol. The van der Waals surface area contributed by atoms with Gasteiger partial charge in [0.05, 0.1) is 0 Å². The maximum atomic E-state index is 10.2. The summed E-state index contributed by atoms with van der Waals surface area (Å²) < 4.78 is 9.40. The van der Waals surface area contributed by atoms with Crippen molar-refractivity contribution < 1.29 is 14.6 Å². The van der Waals surface area contributed by atoms with Gasteiger partial charge in [0.2, 0.25) is 0 Å². The van der Waals surface area contributed by atoms with E-state index in [9.17, 15) is 5.11 Å². The SMILES string of the molecule is COC(C)(C[O])OC. The van der Waals surface area contributed by atoms with Gasteiger partial charge in [-0.1, -0.05) is 0 Å². The molecule has 0 atom stereocenters. The zero-order valence-electron chi connectivity index (χ0n) is 5.43. The van der Waals surface area contributed by atoms with Crippen LogP contribution in [0.15, 0.2) is 0 Å². The minimum Gasteiger partial charge on any atom is -0.351 e. The number of ether oxygens (including phenoxy) is 2. The number of methoxy groups -OCH3 is 2. The minimum absolute atomic E-state index is 0.375. The Labute approximate surface area is 49.2 Å². The van der Waals surface area contributed by atoms with Gasteiger partial charge < -0.3 is 9.47 Å². The molecule has 0 aromatic heterocycles. The Kier molecular flexibility index (Phi) is 2.97. The second-order valence-corrected chi connectivity index (χ2v) is 1.69. The lowest BCUT2D eigenvalue weighted by Crippen LogP contribution is -2.33. The Balaban J connectivity index is 3.58. The predicted octanol–water partition coefficient (Wildman–Crippen LogP) is 0.426. The smallest absolute Gasteiger partial charge is 0.191 e. The first-order valence-electron chi connectivity index (χ1n) is 2.37. The molecule has 0 saturated carbocycles. The Morgan fingerprint density at radius 2 is 1.75 bits per heavy atom. The molecule has 49 valence electrons. The molecule has 0 heterocycles. The van der Waals surface area contributed by atoms with Crippen LogP contribution < -0.4 is 0 Å². The fourth-order valence-electron chi connectivity index (χ4n) is 0.201. The average molecular weight is 119 g/mol. The van der Waals surface area contributed by atoms with Gasteiger partial charge in [0.25, 0.3) is 0 Å². The lowest BCUT2D eigenvalue weighted by Gasteiger charge is -2.21. The van der Waals surface area contributed by atoms with Gasteiger partial charge in [-0.25, -0.2) is 5.11 Å². The highest BCUT2D eigenvalue weighted by molar-refractivity contribution is 4.56. The molecule has 1 radical (unpaired) electrons. The van der Waals surface area contributed by atoms with E-state index >= 15 is 0 Å². The topological polar surface area (TPSA) is 38.4 Å². The minimum atomic E-state index is -0.931. The summed E-state index contributed by atoms with van der Waals surface area (Å²) in [5, 5.41) is 10.2. The first-order valence-corrected chi connectivity index (χ1v) is 2.37. The van der Waals surface area contributed by atoms with Crippen molar-refractivity contribution in [3.63, 3.8) is 0 Å². The molecule has 3 nitrogen and oxygen atoms in total. The third-order valence-corrected chi connectivity index (χ3v) is 1.13. The number of rotatable bonds is 3. The first kappa shape index (κ1) is 7.88. The molecule has 0 amide bonds. The number of hydrogen-bond donors (Lipinski definition) is 0. The molecular formula is C5H11O3. The monoisotopic (exact) mass is 119 g/mol. The summed E-state index contributed by atoms with van der Waals surface area (Å²) in [6.45, 7) is 1.22. The largest absolute Gasteiger partial charge is 0.351 e. The van der Waals surface area contributed by atoms with Crippen LogP contribution in [0.3, 0.4) is 0 Å². The Hall–Kier alpha value is -0.120. The van der Waals surface area contributed by atoms with Gasteiger partial charge in [-0.2, -0.15) is 0 Å². The fraction of sp³-hybridized carbons (Fsp3) is 1.00. The zero-order valence-corrected chi connectivity index (χ0v) is 5.43. The highest BCUT2D eigenvalue weighted by atomic mass is 16.7. The van der Waals surface area contributed by atoms with Crippen LogP contribution in [-0.2, 0) is 14.6 Å². The van der Waals surface area contributed by atoms with Crippen molar-refractivity contribution in [2.24, 2.45) is 0 Å². The molecule has 0 bridgehead atoms. The van der Waals surface area contributed by atoms with E-state index in [2.05, 4.69) is 0 Å². The molecule has 0 aromatic rings. The van der Waals surface area contributed by atoms with Gasteiger partial charge in [0.1, 0.15) is 6.61 Å². The normalized spacial score (nSPS) is 12.0. The van der Waals surface area contributed by atoms with Gasteiger partial charge in [0, 0.05) is 14.2 Å². The molecule has 0 aliphatic carbocycles. The van der Waals surface area contributed by atoms with E-state index in [1.54, 1.807) is 6.92 Å². The summed E-state index contributed by atoms with van der Waals surface area (Å²) in [5.74, 6) is -0.931. The lowest BCUT2D eigenvalue weighted by molar-refractivity contribution is -0.223.